The van der Waals surface area contributed by atoms with Crippen LogP contribution < -0.4 is 5.32 Å². The van der Waals surface area contributed by atoms with E-state index in [1.54, 1.807) is 19.1 Å². The number of rotatable bonds is 5. The molecule has 1 N–H and O–H groups in total. The van der Waals surface area contributed by atoms with Crippen LogP contribution in [-0.4, -0.2) is 41.8 Å². The molecule has 1 aromatic rings. The van der Waals surface area contributed by atoms with Gasteiger partial charge in [-0.05, 0) is 35.8 Å². The van der Waals surface area contributed by atoms with E-state index in [4.69, 9.17) is 4.74 Å². The lowest BCUT2D eigenvalue weighted by atomic mass is 10.1. The fraction of sp³-hybridized carbons (Fsp3) is 0.615. The van der Waals surface area contributed by atoms with Crippen LogP contribution in [0.5, 0.6) is 0 Å². The normalized spacial score (nSPS) is 11.5. The maximum Gasteiger partial charge on any atom is 0.317 e. The number of aromatic nitrogens is 1. The Morgan fingerprint density at radius 3 is 2.68 bits per heavy atom. The number of nitrogens with one attached hydrogen (secondary N) is 1. The molecule has 0 aliphatic carbocycles. The predicted molar refractivity (Wildman–Crippen MR) is 79.1 cm³/mol. The molecule has 1 aromatic heterocycles. The van der Waals surface area contributed by atoms with Gasteiger partial charge in [0.1, 0.15) is 0 Å². The minimum absolute atomic E-state index is 0.109. The first-order valence-electron chi connectivity index (χ1n) is 6.10. The Morgan fingerprint density at radius 1 is 1.58 bits per heavy atom. The number of hydrogen-bond acceptors (Lipinski definition) is 2. The second-order valence-electron chi connectivity index (χ2n) is 5.24. The van der Waals surface area contributed by atoms with E-state index in [0.717, 1.165) is 10.2 Å². The van der Waals surface area contributed by atoms with E-state index in [-0.39, 0.29) is 11.6 Å². The number of hydrogen-bond donors (Lipinski definition) is 1. The molecule has 0 bridgehead atoms. The predicted octanol–water partition coefficient (Wildman–Crippen LogP) is 2.35. The van der Waals surface area contributed by atoms with Gasteiger partial charge >= 0.3 is 6.03 Å². The maximum atomic E-state index is 12.0. The van der Waals surface area contributed by atoms with Crippen molar-refractivity contribution >= 4 is 22.0 Å². The number of urea groups is 1. The van der Waals surface area contributed by atoms with Crippen molar-refractivity contribution in [2.45, 2.75) is 26.0 Å². The summed E-state index contributed by atoms with van der Waals surface area (Å²) in [5, 5.41) is 2.86. The Labute approximate surface area is 123 Å². The lowest BCUT2D eigenvalue weighted by molar-refractivity contribution is 0.0244. The van der Waals surface area contributed by atoms with Crippen molar-refractivity contribution in [3.8, 4) is 0 Å². The summed E-state index contributed by atoms with van der Waals surface area (Å²) in [6, 6.07) is 1.89. The van der Waals surface area contributed by atoms with Gasteiger partial charge in [0, 0.05) is 44.1 Å². The number of halogens is 1. The van der Waals surface area contributed by atoms with Gasteiger partial charge in [-0.3, -0.25) is 0 Å². The molecule has 0 saturated carbocycles. The van der Waals surface area contributed by atoms with Crippen LogP contribution in [0.2, 0.25) is 0 Å². The van der Waals surface area contributed by atoms with Crippen LogP contribution in [0.25, 0.3) is 0 Å². The Balaban J connectivity index is 2.52. The molecular formula is C13H22BrN3O2. The van der Waals surface area contributed by atoms with E-state index in [1.807, 2.05) is 37.7 Å². The second kappa shape index (κ2) is 6.43. The van der Waals surface area contributed by atoms with Crippen molar-refractivity contribution in [2.24, 2.45) is 7.05 Å². The van der Waals surface area contributed by atoms with Crippen LogP contribution in [0.4, 0.5) is 4.79 Å². The molecule has 0 spiro atoms. The summed E-state index contributed by atoms with van der Waals surface area (Å²) in [5.74, 6) is 0. The summed E-state index contributed by atoms with van der Waals surface area (Å²) in [5.41, 5.74) is 0.709. The average Bonchev–Trinajstić information content (AvgIpc) is 2.65. The summed E-state index contributed by atoms with van der Waals surface area (Å²) in [6.45, 7) is 4.90. The molecule has 108 valence electrons. The van der Waals surface area contributed by atoms with Crippen LogP contribution in [0.15, 0.2) is 16.7 Å². The van der Waals surface area contributed by atoms with E-state index in [2.05, 4.69) is 21.2 Å². The minimum atomic E-state index is -0.357. The molecule has 0 aromatic carbocycles. The van der Waals surface area contributed by atoms with Gasteiger partial charge in [0.2, 0.25) is 0 Å². The molecule has 1 rings (SSSR count). The number of carbonyl (C=O) groups excluding carboxylic acids is 1. The Kier molecular flexibility index (Phi) is 5.43. The van der Waals surface area contributed by atoms with Gasteiger partial charge in [-0.15, -0.1) is 0 Å². The highest BCUT2D eigenvalue weighted by Crippen LogP contribution is 2.15. The molecule has 0 aliphatic rings. The zero-order valence-electron chi connectivity index (χ0n) is 12.2. The average molecular weight is 332 g/mol. The van der Waals surface area contributed by atoms with Crippen LogP contribution in [0.3, 0.4) is 0 Å². The van der Waals surface area contributed by atoms with E-state index in [9.17, 15) is 4.79 Å². The van der Waals surface area contributed by atoms with Crippen LogP contribution in [-0.2, 0) is 18.3 Å². The van der Waals surface area contributed by atoms with Crippen molar-refractivity contribution in [1.29, 1.82) is 0 Å². The number of ether oxygens (including phenoxy) is 1. The van der Waals surface area contributed by atoms with Gasteiger partial charge in [-0.1, -0.05) is 0 Å². The Hall–Kier alpha value is -1.01. The molecule has 0 saturated heterocycles. The van der Waals surface area contributed by atoms with Gasteiger partial charge in [0.15, 0.2) is 0 Å². The first-order chi connectivity index (χ1) is 8.75. The van der Waals surface area contributed by atoms with Crippen molar-refractivity contribution in [1.82, 2.24) is 14.8 Å². The molecule has 0 fully saturated rings. The van der Waals surface area contributed by atoms with Crippen molar-refractivity contribution in [3.05, 3.63) is 22.4 Å². The lowest BCUT2D eigenvalue weighted by Gasteiger charge is -2.25. The smallest absolute Gasteiger partial charge is 0.317 e. The molecule has 0 unspecified atom stereocenters. The van der Waals surface area contributed by atoms with E-state index in [0.29, 0.717) is 13.1 Å². The number of nitrogens with zero attached hydrogens (tertiary/aromatic N) is 2. The summed E-state index contributed by atoms with van der Waals surface area (Å²) in [4.78, 5) is 13.6. The largest absolute Gasteiger partial charge is 0.377 e. The minimum Gasteiger partial charge on any atom is -0.377 e. The highest BCUT2D eigenvalue weighted by Gasteiger charge is 2.19. The molecule has 6 heteroatoms. The Bertz CT molecular complexity index is 443. The molecule has 1 heterocycles. The third kappa shape index (κ3) is 4.87. The third-order valence-corrected chi connectivity index (χ3v) is 3.47. The van der Waals surface area contributed by atoms with Crippen molar-refractivity contribution in [3.63, 3.8) is 0 Å². The molecule has 19 heavy (non-hydrogen) atoms. The summed E-state index contributed by atoms with van der Waals surface area (Å²) < 4.78 is 8.27. The molecule has 0 aliphatic heterocycles. The molecule has 5 nitrogen and oxygen atoms in total. The first kappa shape index (κ1) is 16.0. The fourth-order valence-electron chi connectivity index (χ4n) is 1.53. The van der Waals surface area contributed by atoms with Gasteiger partial charge in [-0.2, -0.15) is 0 Å². The summed E-state index contributed by atoms with van der Waals surface area (Å²) in [6.07, 6.45) is 1.97. The van der Waals surface area contributed by atoms with E-state index < -0.39 is 0 Å². The number of amides is 2. The van der Waals surface area contributed by atoms with Crippen molar-refractivity contribution < 1.29 is 9.53 Å². The standard InChI is InChI=1S/C13H22BrN3O2/c1-13(2,19-5)9-15-12(18)17(4)8-11-6-10(14)7-16(11)3/h6-7H,8-9H2,1-5H3,(H,15,18). The highest BCUT2D eigenvalue weighted by atomic mass is 79.9. The second-order valence-corrected chi connectivity index (χ2v) is 6.15. The van der Waals surface area contributed by atoms with Crippen LogP contribution >= 0.6 is 15.9 Å². The maximum absolute atomic E-state index is 12.0. The zero-order valence-corrected chi connectivity index (χ0v) is 13.7. The van der Waals surface area contributed by atoms with Gasteiger partial charge < -0.3 is 19.5 Å². The summed E-state index contributed by atoms with van der Waals surface area (Å²) in [7, 11) is 5.37. The lowest BCUT2D eigenvalue weighted by Crippen LogP contribution is -2.44. The number of aryl methyl sites for hydroxylation is 1. The topological polar surface area (TPSA) is 46.5 Å². The van der Waals surface area contributed by atoms with Crippen LogP contribution in [0, 0.1) is 0 Å². The van der Waals surface area contributed by atoms with Gasteiger partial charge in [0.05, 0.1) is 12.1 Å². The molecule has 0 atom stereocenters. The summed E-state index contributed by atoms with van der Waals surface area (Å²) >= 11 is 3.42. The molecular weight excluding hydrogens is 310 g/mol. The Morgan fingerprint density at radius 2 is 2.21 bits per heavy atom. The quantitative estimate of drug-likeness (QED) is 0.900. The monoisotopic (exact) mass is 331 g/mol. The van der Waals surface area contributed by atoms with Gasteiger partial charge in [-0.25, -0.2) is 4.79 Å². The number of carbonyl (C=O) groups is 1. The highest BCUT2D eigenvalue weighted by molar-refractivity contribution is 9.10. The first-order valence-corrected chi connectivity index (χ1v) is 6.89. The zero-order chi connectivity index (χ0) is 14.6. The van der Waals surface area contributed by atoms with Crippen LogP contribution in [0.1, 0.15) is 19.5 Å². The third-order valence-electron chi connectivity index (χ3n) is 3.04. The van der Waals surface area contributed by atoms with E-state index >= 15 is 0 Å². The number of methoxy groups -OCH3 is 1. The molecule has 2 amide bonds. The van der Waals surface area contributed by atoms with Crippen molar-refractivity contribution in [2.75, 3.05) is 20.7 Å². The SMILES string of the molecule is COC(C)(C)CNC(=O)N(C)Cc1cc(Br)cn1C. The van der Waals surface area contributed by atoms with E-state index in [1.165, 1.54) is 0 Å². The van der Waals surface area contributed by atoms with Gasteiger partial charge in [0.25, 0.3) is 0 Å². The fourth-order valence-corrected chi connectivity index (χ4v) is 2.11. The molecule has 0 radical (unpaired) electrons.